The van der Waals surface area contributed by atoms with Gasteiger partial charge in [0.15, 0.2) is 0 Å². The van der Waals surface area contributed by atoms with Gasteiger partial charge in [0, 0.05) is 18.5 Å². The summed E-state index contributed by atoms with van der Waals surface area (Å²) in [6.45, 7) is 6.45. The zero-order chi connectivity index (χ0) is 20.9. The van der Waals surface area contributed by atoms with Crippen molar-refractivity contribution in [3.8, 4) is 0 Å². The summed E-state index contributed by atoms with van der Waals surface area (Å²) in [6.07, 6.45) is 6.63. The lowest BCUT2D eigenvalue weighted by Crippen LogP contribution is -2.52. The van der Waals surface area contributed by atoms with E-state index in [1.54, 1.807) is 0 Å². The molecule has 3 saturated carbocycles. The molecule has 0 bridgehead atoms. The number of carbonyl (C=O) groups excluding carboxylic acids is 2. The number of amides is 2. The summed E-state index contributed by atoms with van der Waals surface area (Å²) >= 11 is 1.46. The Labute approximate surface area is 177 Å². The number of carbonyl (C=O) groups is 2. The summed E-state index contributed by atoms with van der Waals surface area (Å²) in [7, 11) is 0. The highest BCUT2D eigenvalue weighted by molar-refractivity contribution is 7.12. The summed E-state index contributed by atoms with van der Waals surface area (Å²) in [4.78, 5) is 26.1. The number of nitrogens with one attached hydrogen (secondary N) is 2. The van der Waals surface area contributed by atoms with Gasteiger partial charge in [0.1, 0.15) is 0 Å². The molecule has 4 atom stereocenters. The lowest BCUT2D eigenvalue weighted by molar-refractivity contribution is -0.123. The van der Waals surface area contributed by atoms with E-state index in [0.717, 1.165) is 49.8 Å². The Kier molecular flexibility index (Phi) is 5.31. The number of rotatable bonds is 6. The normalized spacial score (nSPS) is 35.7. The fourth-order valence-corrected chi connectivity index (χ4v) is 6.57. The van der Waals surface area contributed by atoms with E-state index >= 15 is 0 Å². The van der Waals surface area contributed by atoms with Gasteiger partial charge in [-0.1, -0.05) is 19.9 Å². The smallest absolute Gasteiger partial charge is 0.261 e. The van der Waals surface area contributed by atoms with Crippen LogP contribution in [0.25, 0.3) is 0 Å². The molecule has 5 nitrogen and oxygen atoms in total. The van der Waals surface area contributed by atoms with Crippen LogP contribution < -0.4 is 10.6 Å². The molecule has 29 heavy (non-hydrogen) atoms. The van der Waals surface area contributed by atoms with Gasteiger partial charge in [0.05, 0.1) is 10.5 Å². The van der Waals surface area contributed by atoms with Gasteiger partial charge >= 0.3 is 0 Å². The maximum absolute atomic E-state index is 12.9. The lowest BCUT2D eigenvalue weighted by Gasteiger charge is -2.50. The van der Waals surface area contributed by atoms with Crippen LogP contribution in [-0.4, -0.2) is 34.6 Å². The fourth-order valence-electron chi connectivity index (χ4n) is 5.94. The number of hydrogen-bond donors (Lipinski definition) is 3. The average Bonchev–Trinajstić information content (AvgIpc) is 3.21. The van der Waals surface area contributed by atoms with Crippen LogP contribution in [0.15, 0.2) is 17.5 Å². The minimum absolute atomic E-state index is 0.00474. The highest BCUT2D eigenvalue weighted by Gasteiger charge is 2.61. The third-order valence-corrected chi connectivity index (χ3v) is 8.51. The van der Waals surface area contributed by atoms with Crippen molar-refractivity contribution in [3.05, 3.63) is 22.4 Å². The molecular weight excluding hydrogens is 384 g/mol. The van der Waals surface area contributed by atoms with Crippen LogP contribution in [0.1, 0.15) is 81.8 Å². The van der Waals surface area contributed by atoms with Crippen LogP contribution in [0.4, 0.5) is 0 Å². The molecule has 3 N–H and O–H groups in total. The summed E-state index contributed by atoms with van der Waals surface area (Å²) in [5, 5.41) is 19.2. The molecule has 0 aromatic carbocycles. The van der Waals surface area contributed by atoms with E-state index in [1.807, 2.05) is 24.4 Å². The van der Waals surface area contributed by atoms with E-state index in [2.05, 4.69) is 24.5 Å². The second-order valence-corrected chi connectivity index (χ2v) is 11.5. The number of hydrogen-bond acceptors (Lipinski definition) is 4. The van der Waals surface area contributed by atoms with E-state index < -0.39 is 5.60 Å². The zero-order valence-electron chi connectivity index (χ0n) is 17.8. The standard InChI is InChI=1S/C23H34N2O3S/c1-21(2)14-18(25-20(27)16-5-4-12-29-16)23(9-8-19(26)24-15-6-7-15)11-10-22(3,28)13-17(21)23/h4-5,12,15,17-18,28H,6-11,13-14H2,1-3H3,(H,24,26)(H,25,27)/t17-,18-,22+,23+/m0/s1. The molecule has 6 heteroatoms. The highest BCUT2D eigenvalue weighted by atomic mass is 32.1. The first-order chi connectivity index (χ1) is 13.6. The molecule has 0 spiro atoms. The minimum Gasteiger partial charge on any atom is -0.390 e. The summed E-state index contributed by atoms with van der Waals surface area (Å²) < 4.78 is 0. The second-order valence-electron chi connectivity index (χ2n) is 10.5. The fraction of sp³-hybridized carbons (Fsp3) is 0.739. The van der Waals surface area contributed by atoms with Crippen LogP contribution in [-0.2, 0) is 4.79 Å². The van der Waals surface area contributed by atoms with E-state index in [0.29, 0.717) is 12.5 Å². The third-order valence-electron chi connectivity index (χ3n) is 7.64. The van der Waals surface area contributed by atoms with Gasteiger partial charge < -0.3 is 15.7 Å². The summed E-state index contributed by atoms with van der Waals surface area (Å²) in [5.74, 6) is 0.396. The van der Waals surface area contributed by atoms with Gasteiger partial charge in [0.25, 0.3) is 5.91 Å². The molecule has 160 valence electrons. The van der Waals surface area contributed by atoms with Gasteiger partial charge in [-0.3, -0.25) is 9.59 Å². The average molecular weight is 419 g/mol. The van der Waals surface area contributed by atoms with E-state index in [4.69, 9.17) is 0 Å². The van der Waals surface area contributed by atoms with Crippen molar-refractivity contribution in [1.82, 2.24) is 10.6 Å². The molecule has 1 heterocycles. The van der Waals surface area contributed by atoms with Crippen LogP contribution in [0, 0.1) is 16.7 Å². The lowest BCUT2D eigenvalue weighted by atomic mass is 9.57. The number of fused-ring (bicyclic) bond motifs is 1. The van der Waals surface area contributed by atoms with Gasteiger partial charge in [0.2, 0.25) is 5.91 Å². The topological polar surface area (TPSA) is 78.4 Å². The Balaban J connectivity index is 1.57. The minimum atomic E-state index is -0.672. The Hall–Kier alpha value is -1.40. The van der Waals surface area contributed by atoms with E-state index in [-0.39, 0.29) is 34.6 Å². The maximum atomic E-state index is 12.9. The molecule has 3 aliphatic carbocycles. The second kappa shape index (κ2) is 7.38. The number of aliphatic hydroxyl groups is 1. The van der Waals surface area contributed by atoms with Crippen molar-refractivity contribution >= 4 is 23.2 Å². The maximum Gasteiger partial charge on any atom is 0.261 e. The zero-order valence-corrected chi connectivity index (χ0v) is 18.6. The first kappa shape index (κ1) is 20.9. The van der Waals surface area contributed by atoms with Crippen molar-refractivity contribution < 1.29 is 14.7 Å². The predicted molar refractivity (Wildman–Crippen MR) is 115 cm³/mol. The van der Waals surface area contributed by atoms with Crippen LogP contribution in [0.5, 0.6) is 0 Å². The van der Waals surface area contributed by atoms with Crippen molar-refractivity contribution in [2.75, 3.05) is 0 Å². The molecule has 2 amide bonds. The molecule has 1 aromatic heterocycles. The number of thiophene rings is 1. The Bertz CT molecular complexity index is 769. The molecule has 1 aromatic rings. The van der Waals surface area contributed by atoms with E-state index in [9.17, 15) is 14.7 Å². The van der Waals surface area contributed by atoms with Crippen molar-refractivity contribution in [3.63, 3.8) is 0 Å². The quantitative estimate of drug-likeness (QED) is 0.656. The van der Waals surface area contributed by atoms with Gasteiger partial charge in [-0.2, -0.15) is 0 Å². The summed E-state index contributed by atoms with van der Waals surface area (Å²) in [5.41, 5.74) is -0.807. The molecule has 3 aliphatic rings. The Morgan fingerprint density at radius 2 is 1.93 bits per heavy atom. The molecule has 0 aliphatic heterocycles. The molecule has 0 radical (unpaired) electrons. The van der Waals surface area contributed by atoms with Gasteiger partial charge in [-0.05, 0) is 80.1 Å². The monoisotopic (exact) mass is 418 g/mol. The Morgan fingerprint density at radius 3 is 2.59 bits per heavy atom. The highest BCUT2D eigenvalue weighted by Crippen LogP contribution is 2.63. The van der Waals surface area contributed by atoms with Crippen LogP contribution in [0.2, 0.25) is 0 Å². The van der Waals surface area contributed by atoms with Crippen LogP contribution >= 0.6 is 11.3 Å². The largest absolute Gasteiger partial charge is 0.390 e. The first-order valence-corrected chi connectivity index (χ1v) is 11.9. The van der Waals surface area contributed by atoms with Crippen LogP contribution in [0.3, 0.4) is 0 Å². The SMILES string of the molecule is CC1(C)C[C@H](NC(=O)c2cccs2)[C@]2(CCC(=O)NC3CC3)CC[C@@](C)(O)C[C@@H]12. The molecule has 3 fully saturated rings. The van der Waals surface area contributed by atoms with Crippen molar-refractivity contribution in [2.24, 2.45) is 16.7 Å². The Morgan fingerprint density at radius 1 is 1.17 bits per heavy atom. The third kappa shape index (κ3) is 4.24. The predicted octanol–water partition coefficient (Wildman–Crippen LogP) is 3.87. The van der Waals surface area contributed by atoms with E-state index in [1.165, 1.54) is 11.3 Å². The van der Waals surface area contributed by atoms with Crippen molar-refractivity contribution in [1.29, 1.82) is 0 Å². The molecule has 0 unspecified atom stereocenters. The van der Waals surface area contributed by atoms with Crippen molar-refractivity contribution in [2.45, 2.75) is 89.8 Å². The molecule has 0 saturated heterocycles. The summed E-state index contributed by atoms with van der Waals surface area (Å²) in [6, 6.07) is 4.16. The van der Waals surface area contributed by atoms with Gasteiger partial charge in [-0.25, -0.2) is 0 Å². The molecule has 4 rings (SSSR count). The molecular formula is C23H34N2O3S. The first-order valence-electron chi connectivity index (χ1n) is 11.0. The van der Waals surface area contributed by atoms with Gasteiger partial charge in [-0.15, -0.1) is 11.3 Å².